The van der Waals surface area contributed by atoms with E-state index in [0.717, 1.165) is 29.2 Å². The van der Waals surface area contributed by atoms with Crippen LogP contribution in [0, 0.1) is 0 Å². The molecule has 0 radical (unpaired) electrons. The molecular weight excluding hydrogens is 409 g/mol. The molecule has 1 aromatic heterocycles. The van der Waals surface area contributed by atoms with Gasteiger partial charge in [-0.05, 0) is 31.0 Å². The third kappa shape index (κ3) is 5.04. The number of ether oxygens (including phenoxy) is 2. The van der Waals surface area contributed by atoms with Gasteiger partial charge in [0.2, 0.25) is 0 Å². The van der Waals surface area contributed by atoms with Gasteiger partial charge < -0.3 is 20.5 Å². The Hall–Kier alpha value is -1.54. The average molecular weight is 434 g/mol. The summed E-state index contributed by atoms with van der Waals surface area (Å²) in [5.41, 5.74) is 6.80. The summed E-state index contributed by atoms with van der Waals surface area (Å²) in [4.78, 5) is 17.0. The van der Waals surface area contributed by atoms with Crippen LogP contribution in [0.25, 0.3) is 10.6 Å². The van der Waals surface area contributed by atoms with Crippen LogP contribution in [0.3, 0.4) is 0 Å². The molecule has 0 spiro atoms. The number of nitrogens with zero attached hydrogens (tertiary/aromatic N) is 1. The predicted molar refractivity (Wildman–Crippen MR) is 113 cm³/mol. The van der Waals surface area contributed by atoms with Crippen molar-refractivity contribution in [2.45, 2.75) is 32.2 Å². The number of benzene rings is 1. The molecule has 1 aliphatic rings. The number of halogens is 2. The van der Waals surface area contributed by atoms with Crippen molar-refractivity contribution in [3.63, 3.8) is 0 Å². The van der Waals surface area contributed by atoms with Gasteiger partial charge in [-0.3, -0.25) is 4.79 Å². The summed E-state index contributed by atoms with van der Waals surface area (Å²) in [6.45, 7) is 5.56. The molecule has 0 bridgehead atoms. The van der Waals surface area contributed by atoms with Crippen LogP contribution >= 0.6 is 36.2 Å². The number of thiazole rings is 1. The molecule has 3 rings (SSSR count). The van der Waals surface area contributed by atoms with Crippen LogP contribution in [0.5, 0.6) is 11.5 Å². The molecule has 150 valence electrons. The minimum absolute atomic E-state index is 0. The first-order valence-corrected chi connectivity index (χ1v) is 9.37. The smallest absolute Gasteiger partial charge is 0.271 e. The Morgan fingerprint density at radius 2 is 1.89 bits per heavy atom. The Balaban J connectivity index is 0.00000182. The van der Waals surface area contributed by atoms with Crippen LogP contribution < -0.4 is 20.5 Å². The number of carbonyl (C=O) groups is 1. The summed E-state index contributed by atoms with van der Waals surface area (Å²) in [6, 6.07) is 5.70. The zero-order valence-electron chi connectivity index (χ0n) is 15.3. The van der Waals surface area contributed by atoms with Gasteiger partial charge in [0.15, 0.2) is 11.5 Å². The maximum Gasteiger partial charge on any atom is 0.271 e. The van der Waals surface area contributed by atoms with Gasteiger partial charge in [-0.1, -0.05) is 13.8 Å². The van der Waals surface area contributed by atoms with Crippen LogP contribution in [0.2, 0.25) is 0 Å². The molecule has 0 unspecified atom stereocenters. The Kier molecular flexibility index (Phi) is 8.81. The largest absolute Gasteiger partial charge is 0.486 e. The molecule has 27 heavy (non-hydrogen) atoms. The summed E-state index contributed by atoms with van der Waals surface area (Å²) in [5, 5.41) is 5.59. The molecule has 6 nitrogen and oxygen atoms in total. The molecule has 0 saturated carbocycles. The number of carbonyl (C=O) groups excluding carboxylic acids is 1. The van der Waals surface area contributed by atoms with E-state index in [9.17, 15) is 4.79 Å². The Labute approximate surface area is 175 Å². The lowest BCUT2D eigenvalue weighted by atomic mass is 9.93. The Morgan fingerprint density at radius 1 is 1.22 bits per heavy atom. The first-order chi connectivity index (χ1) is 12.1. The molecule has 1 aromatic carbocycles. The number of fused-ring (bicyclic) bond motifs is 1. The zero-order chi connectivity index (χ0) is 17.9. The normalized spacial score (nSPS) is 12.6. The third-order valence-electron chi connectivity index (χ3n) is 4.65. The molecule has 0 aliphatic carbocycles. The lowest BCUT2D eigenvalue weighted by Crippen LogP contribution is -2.52. The SMILES string of the molecule is CCC(CC)(CN)NC(=O)c1csc(-c2ccc3c(c2)OCCO3)n1.Cl.Cl. The maximum absolute atomic E-state index is 12.5. The van der Waals surface area contributed by atoms with E-state index in [1.54, 1.807) is 5.38 Å². The second-order valence-electron chi connectivity index (χ2n) is 6.04. The Bertz CT molecular complexity index is 758. The van der Waals surface area contributed by atoms with Crippen LogP contribution in [-0.2, 0) is 0 Å². The minimum Gasteiger partial charge on any atom is -0.486 e. The molecule has 3 N–H and O–H groups in total. The summed E-state index contributed by atoms with van der Waals surface area (Å²) in [6.07, 6.45) is 1.57. The topological polar surface area (TPSA) is 86.5 Å². The van der Waals surface area contributed by atoms with Gasteiger partial charge >= 0.3 is 0 Å². The fraction of sp³-hybridized carbons (Fsp3) is 0.444. The van der Waals surface area contributed by atoms with Gasteiger partial charge in [-0.15, -0.1) is 36.2 Å². The van der Waals surface area contributed by atoms with Crippen LogP contribution in [0.4, 0.5) is 0 Å². The lowest BCUT2D eigenvalue weighted by Gasteiger charge is -2.31. The molecule has 0 atom stereocenters. The van der Waals surface area contributed by atoms with E-state index in [1.165, 1.54) is 11.3 Å². The van der Waals surface area contributed by atoms with E-state index < -0.39 is 0 Å². The predicted octanol–water partition coefficient (Wildman–Crippen LogP) is 3.67. The van der Waals surface area contributed by atoms with Gasteiger partial charge in [0, 0.05) is 17.5 Å². The van der Waals surface area contributed by atoms with Crippen LogP contribution in [-0.4, -0.2) is 36.2 Å². The summed E-state index contributed by atoms with van der Waals surface area (Å²) in [5.74, 6) is 1.27. The highest BCUT2D eigenvalue weighted by Gasteiger charge is 2.27. The molecule has 2 aromatic rings. The third-order valence-corrected chi connectivity index (χ3v) is 5.54. The van der Waals surface area contributed by atoms with E-state index in [-0.39, 0.29) is 36.3 Å². The van der Waals surface area contributed by atoms with Crippen molar-refractivity contribution in [3.05, 3.63) is 29.3 Å². The van der Waals surface area contributed by atoms with Crippen molar-refractivity contribution in [2.24, 2.45) is 5.73 Å². The number of nitrogens with one attached hydrogen (secondary N) is 1. The first-order valence-electron chi connectivity index (χ1n) is 8.49. The number of hydrogen-bond donors (Lipinski definition) is 2. The Morgan fingerprint density at radius 3 is 2.52 bits per heavy atom. The van der Waals surface area contributed by atoms with Crippen molar-refractivity contribution in [3.8, 4) is 22.1 Å². The zero-order valence-corrected chi connectivity index (χ0v) is 17.8. The summed E-state index contributed by atoms with van der Waals surface area (Å²) in [7, 11) is 0. The molecule has 1 amide bonds. The van der Waals surface area contributed by atoms with Gasteiger partial charge in [0.1, 0.15) is 23.9 Å². The number of nitrogens with two attached hydrogens (primary N) is 1. The quantitative estimate of drug-likeness (QED) is 0.725. The first kappa shape index (κ1) is 23.5. The second kappa shape index (κ2) is 10.1. The second-order valence-corrected chi connectivity index (χ2v) is 6.90. The van der Waals surface area contributed by atoms with Crippen molar-refractivity contribution < 1.29 is 14.3 Å². The molecule has 1 aliphatic heterocycles. The number of rotatable bonds is 6. The lowest BCUT2D eigenvalue weighted by molar-refractivity contribution is 0.0891. The van der Waals surface area contributed by atoms with E-state index in [0.29, 0.717) is 31.2 Å². The number of amides is 1. The van der Waals surface area contributed by atoms with Crippen molar-refractivity contribution >= 4 is 42.1 Å². The molecule has 0 fully saturated rings. The van der Waals surface area contributed by atoms with Gasteiger partial charge in [-0.2, -0.15) is 0 Å². The molecule has 0 saturated heterocycles. The van der Waals surface area contributed by atoms with Gasteiger partial charge in [0.05, 0.1) is 5.54 Å². The van der Waals surface area contributed by atoms with Crippen molar-refractivity contribution in [1.29, 1.82) is 0 Å². The van der Waals surface area contributed by atoms with Crippen molar-refractivity contribution in [2.75, 3.05) is 19.8 Å². The fourth-order valence-corrected chi connectivity index (χ4v) is 3.56. The van der Waals surface area contributed by atoms with E-state index in [2.05, 4.69) is 10.3 Å². The number of hydrogen-bond acceptors (Lipinski definition) is 6. The monoisotopic (exact) mass is 433 g/mol. The van der Waals surface area contributed by atoms with Gasteiger partial charge in [-0.25, -0.2) is 4.98 Å². The highest BCUT2D eigenvalue weighted by atomic mass is 35.5. The van der Waals surface area contributed by atoms with Gasteiger partial charge in [0.25, 0.3) is 5.91 Å². The standard InChI is InChI=1S/C18H23N3O3S.2ClH/c1-3-18(4-2,11-19)21-16(22)13-10-25-17(20-13)12-5-6-14-15(9-12)24-8-7-23-14;;/h5-6,9-10H,3-4,7-8,11,19H2,1-2H3,(H,21,22);2*1H. The summed E-state index contributed by atoms with van der Waals surface area (Å²) < 4.78 is 11.1. The van der Waals surface area contributed by atoms with Crippen LogP contribution in [0.1, 0.15) is 37.2 Å². The summed E-state index contributed by atoms with van der Waals surface area (Å²) >= 11 is 1.43. The highest BCUT2D eigenvalue weighted by molar-refractivity contribution is 7.13. The van der Waals surface area contributed by atoms with E-state index in [1.807, 2.05) is 32.0 Å². The molecule has 2 heterocycles. The van der Waals surface area contributed by atoms with E-state index in [4.69, 9.17) is 15.2 Å². The average Bonchev–Trinajstić information content (AvgIpc) is 3.16. The molecular formula is C18H25Cl2N3O3S. The van der Waals surface area contributed by atoms with Crippen molar-refractivity contribution in [1.82, 2.24) is 10.3 Å². The fourth-order valence-electron chi connectivity index (χ4n) is 2.76. The highest BCUT2D eigenvalue weighted by Crippen LogP contribution is 2.35. The maximum atomic E-state index is 12.5. The minimum atomic E-state index is -0.377. The van der Waals surface area contributed by atoms with Crippen LogP contribution in [0.15, 0.2) is 23.6 Å². The number of aromatic nitrogens is 1. The molecule has 9 heteroatoms. The van der Waals surface area contributed by atoms with E-state index >= 15 is 0 Å².